The van der Waals surface area contributed by atoms with Gasteiger partial charge in [0.25, 0.3) is 0 Å². The molecule has 3 amide bonds. The lowest BCUT2D eigenvalue weighted by Crippen LogP contribution is -2.43. The van der Waals surface area contributed by atoms with E-state index in [1.54, 1.807) is 18.2 Å². The second-order valence-electron chi connectivity index (χ2n) is 7.48. The largest absolute Gasteiger partial charge is 0.383 e. The summed E-state index contributed by atoms with van der Waals surface area (Å²) >= 11 is 0. The number of urea groups is 1. The lowest BCUT2D eigenvalue weighted by molar-refractivity contribution is -0.129. The van der Waals surface area contributed by atoms with Crippen LogP contribution in [0.15, 0.2) is 24.4 Å². The third-order valence-electron chi connectivity index (χ3n) is 5.48. The van der Waals surface area contributed by atoms with Crippen molar-refractivity contribution in [1.29, 1.82) is 0 Å². The highest BCUT2D eigenvalue weighted by atomic mass is 16.5. The Labute approximate surface area is 161 Å². The van der Waals surface area contributed by atoms with Gasteiger partial charge in [0.15, 0.2) is 0 Å². The molecule has 7 nitrogen and oxygen atoms in total. The van der Waals surface area contributed by atoms with Crippen molar-refractivity contribution >= 4 is 11.9 Å². The molecular weight excluding hydrogens is 344 g/mol. The van der Waals surface area contributed by atoms with Crippen LogP contribution in [0.25, 0.3) is 0 Å². The van der Waals surface area contributed by atoms with Gasteiger partial charge in [-0.05, 0) is 25.0 Å². The van der Waals surface area contributed by atoms with Gasteiger partial charge >= 0.3 is 6.03 Å². The number of ether oxygens (including phenoxy) is 1. The maximum atomic E-state index is 12.7. The number of nitrogens with zero attached hydrogens (tertiary/aromatic N) is 3. The Morgan fingerprint density at radius 1 is 1.37 bits per heavy atom. The van der Waals surface area contributed by atoms with E-state index in [0.717, 1.165) is 25.1 Å². The highest BCUT2D eigenvalue weighted by molar-refractivity contribution is 5.79. The van der Waals surface area contributed by atoms with Crippen molar-refractivity contribution in [3.05, 3.63) is 30.1 Å². The van der Waals surface area contributed by atoms with E-state index < -0.39 is 0 Å². The van der Waals surface area contributed by atoms with Crippen molar-refractivity contribution in [3.8, 4) is 0 Å². The van der Waals surface area contributed by atoms with Gasteiger partial charge < -0.3 is 19.9 Å². The van der Waals surface area contributed by atoms with E-state index in [4.69, 9.17) is 4.74 Å². The number of amides is 3. The second-order valence-corrected chi connectivity index (χ2v) is 7.48. The van der Waals surface area contributed by atoms with Gasteiger partial charge in [-0.15, -0.1) is 0 Å². The summed E-state index contributed by atoms with van der Waals surface area (Å²) in [5, 5.41) is 3.01. The van der Waals surface area contributed by atoms with E-state index >= 15 is 0 Å². The molecular formula is C20H30N4O3. The number of hydrogen-bond acceptors (Lipinski definition) is 4. The van der Waals surface area contributed by atoms with Crippen molar-refractivity contribution < 1.29 is 14.3 Å². The number of methoxy groups -OCH3 is 1. The van der Waals surface area contributed by atoms with Crippen LogP contribution < -0.4 is 5.32 Å². The molecule has 1 saturated carbocycles. The molecule has 0 aromatic carbocycles. The molecule has 2 fully saturated rings. The van der Waals surface area contributed by atoms with E-state index in [0.29, 0.717) is 38.7 Å². The molecule has 1 aromatic heterocycles. The maximum Gasteiger partial charge on any atom is 0.317 e. The van der Waals surface area contributed by atoms with E-state index in [2.05, 4.69) is 10.3 Å². The zero-order chi connectivity index (χ0) is 19.1. The Kier molecular flexibility index (Phi) is 7.04. The fraction of sp³-hybridized carbons (Fsp3) is 0.650. The van der Waals surface area contributed by atoms with Crippen LogP contribution in [0.1, 0.15) is 37.8 Å². The summed E-state index contributed by atoms with van der Waals surface area (Å²) in [6.07, 6.45) is 6.95. The molecule has 7 heteroatoms. The third kappa shape index (κ3) is 5.42. The predicted octanol–water partition coefficient (Wildman–Crippen LogP) is 2.03. The van der Waals surface area contributed by atoms with Gasteiger partial charge in [-0.3, -0.25) is 9.78 Å². The Hall–Kier alpha value is -2.15. The molecule has 1 aromatic rings. The monoisotopic (exact) mass is 374 g/mol. The number of likely N-dealkylation sites (tertiary alicyclic amines) is 1. The number of hydrogen-bond donors (Lipinski definition) is 1. The van der Waals surface area contributed by atoms with Gasteiger partial charge in [-0.2, -0.15) is 0 Å². The average molecular weight is 374 g/mol. The molecule has 0 unspecified atom stereocenters. The summed E-state index contributed by atoms with van der Waals surface area (Å²) in [5.74, 6) is 0.437. The highest BCUT2D eigenvalue weighted by Gasteiger charge is 2.35. The summed E-state index contributed by atoms with van der Waals surface area (Å²) in [4.78, 5) is 33.0. The predicted molar refractivity (Wildman–Crippen MR) is 102 cm³/mol. The molecule has 0 bridgehead atoms. The summed E-state index contributed by atoms with van der Waals surface area (Å²) in [7, 11) is 1.62. The van der Waals surface area contributed by atoms with Gasteiger partial charge in [0.05, 0.1) is 18.8 Å². The first-order valence-corrected chi connectivity index (χ1v) is 9.88. The first-order chi connectivity index (χ1) is 13.2. The lowest BCUT2D eigenvalue weighted by Gasteiger charge is -2.25. The molecule has 2 heterocycles. The van der Waals surface area contributed by atoms with E-state index in [1.807, 2.05) is 23.1 Å². The van der Waals surface area contributed by atoms with Gasteiger partial charge in [0.2, 0.25) is 5.91 Å². The van der Waals surface area contributed by atoms with Gasteiger partial charge in [-0.25, -0.2) is 4.79 Å². The SMILES string of the molecule is COCCN(Cc1ccccn1)C(=O)NC[C@@H]1CC(=O)N(C2CCCC2)C1. The molecule has 1 aliphatic heterocycles. The van der Waals surface area contributed by atoms with Gasteiger partial charge in [0, 0.05) is 51.3 Å². The third-order valence-corrected chi connectivity index (χ3v) is 5.48. The van der Waals surface area contributed by atoms with Crippen LogP contribution in [0.3, 0.4) is 0 Å². The first kappa shape index (κ1) is 19.6. The fourth-order valence-electron chi connectivity index (χ4n) is 4.00. The maximum absolute atomic E-state index is 12.7. The number of aromatic nitrogens is 1. The second kappa shape index (κ2) is 9.69. The number of carbonyl (C=O) groups is 2. The van der Waals surface area contributed by atoms with Gasteiger partial charge in [0.1, 0.15) is 0 Å². The first-order valence-electron chi connectivity index (χ1n) is 9.88. The van der Waals surface area contributed by atoms with Crippen LogP contribution in [0.4, 0.5) is 4.79 Å². The minimum Gasteiger partial charge on any atom is -0.383 e. The molecule has 1 atom stereocenters. The van der Waals surface area contributed by atoms with E-state index in [9.17, 15) is 9.59 Å². The number of pyridine rings is 1. The smallest absolute Gasteiger partial charge is 0.317 e. The zero-order valence-corrected chi connectivity index (χ0v) is 16.1. The van der Waals surface area contributed by atoms with E-state index in [-0.39, 0.29) is 17.9 Å². The fourth-order valence-corrected chi connectivity index (χ4v) is 4.00. The minimum absolute atomic E-state index is 0.135. The topological polar surface area (TPSA) is 74.8 Å². The van der Waals surface area contributed by atoms with Crippen molar-refractivity contribution in [2.24, 2.45) is 5.92 Å². The van der Waals surface area contributed by atoms with Crippen LogP contribution in [0, 0.1) is 5.92 Å². The Morgan fingerprint density at radius 3 is 2.89 bits per heavy atom. The number of nitrogens with one attached hydrogen (secondary N) is 1. The molecule has 148 valence electrons. The molecule has 2 aliphatic rings. The Balaban J connectivity index is 1.50. The standard InChI is InChI=1S/C20H30N4O3/c1-27-11-10-23(15-17-6-4-5-9-21-17)20(26)22-13-16-12-19(25)24(14-16)18-7-2-3-8-18/h4-6,9,16,18H,2-3,7-8,10-15H2,1H3,(H,22,26)/t16-/m0/s1. The molecule has 1 N–H and O–H groups in total. The molecule has 1 aliphatic carbocycles. The summed E-state index contributed by atoms with van der Waals surface area (Å²) < 4.78 is 5.13. The molecule has 1 saturated heterocycles. The Bertz CT molecular complexity index is 619. The van der Waals surface area contributed by atoms with Crippen molar-refractivity contribution in [1.82, 2.24) is 20.1 Å². The van der Waals surface area contributed by atoms with Crippen LogP contribution in [0.2, 0.25) is 0 Å². The number of rotatable bonds is 8. The van der Waals surface area contributed by atoms with Crippen molar-refractivity contribution in [2.75, 3.05) is 33.4 Å². The van der Waals surface area contributed by atoms with Crippen molar-refractivity contribution in [2.45, 2.75) is 44.7 Å². The van der Waals surface area contributed by atoms with Crippen LogP contribution in [0.5, 0.6) is 0 Å². The van der Waals surface area contributed by atoms with Crippen molar-refractivity contribution in [3.63, 3.8) is 0 Å². The normalized spacial score (nSPS) is 20.3. The minimum atomic E-state index is -0.135. The average Bonchev–Trinajstić information content (AvgIpc) is 3.33. The zero-order valence-electron chi connectivity index (χ0n) is 16.1. The van der Waals surface area contributed by atoms with Crippen LogP contribution in [-0.2, 0) is 16.1 Å². The van der Waals surface area contributed by atoms with E-state index in [1.165, 1.54) is 12.8 Å². The quantitative estimate of drug-likeness (QED) is 0.756. The highest BCUT2D eigenvalue weighted by Crippen LogP contribution is 2.29. The lowest BCUT2D eigenvalue weighted by atomic mass is 10.1. The molecule has 27 heavy (non-hydrogen) atoms. The Morgan fingerprint density at radius 2 is 2.19 bits per heavy atom. The molecule has 0 radical (unpaired) electrons. The number of carbonyl (C=O) groups excluding carboxylic acids is 2. The van der Waals surface area contributed by atoms with Crippen LogP contribution in [-0.4, -0.2) is 66.1 Å². The summed E-state index contributed by atoms with van der Waals surface area (Å²) in [6.45, 7) is 2.70. The van der Waals surface area contributed by atoms with Crippen LogP contribution >= 0.6 is 0 Å². The molecule has 0 spiro atoms. The summed E-state index contributed by atoms with van der Waals surface area (Å²) in [5.41, 5.74) is 0.840. The summed E-state index contributed by atoms with van der Waals surface area (Å²) in [6, 6.07) is 5.96. The molecule has 3 rings (SSSR count). The van der Waals surface area contributed by atoms with Gasteiger partial charge in [-0.1, -0.05) is 18.9 Å².